The van der Waals surface area contributed by atoms with E-state index in [4.69, 9.17) is 0 Å². The minimum absolute atomic E-state index is 0.606. The van der Waals surface area contributed by atoms with Crippen molar-refractivity contribution in [3.63, 3.8) is 0 Å². The molecule has 0 atom stereocenters. The lowest BCUT2D eigenvalue weighted by Gasteiger charge is -2.36. The van der Waals surface area contributed by atoms with Gasteiger partial charge in [0.15, 0.2) is 0 Å². The highest BCUT2D eigenvalue weighted by atomic mass is 15.2. The van der Waals surface area contributed by atoms with Crippen LogP contribution in [0.1, 0.15) is 55.6 Å². The summed E-state index contributed by atoms with van der Waals surface area (Å²) in [5.74, 6) is 0. The normalized spacial score (nSPS) is 13.0. The van der Waals surface area contributed by atoms with Crippen molar-refractivity contribution in [3.8, 4) is 50.2 Å². The highest BCUT2D eigenvalue weighted by Gasteiger charge is 2.48. The predicted octanol–water partition coefficient (Wildman–Crippen LogP) is 25.6. The Morgan fingerprint density at radius 1 is 0.228 bits per heavy atom. The van der Waals surface area contributed by atoms with E-state index in [0.717, 1.165) is 62.0 Å². The van der Waals surface area contributed by atoms with Crippen LogP contribution in [0.15, 0.2) is 382 Å². The van der Waals surface area contributed by atoms with Crippen molar-refractivity contribution in [3.05, 3.63) is 438 Å². The minimum Gasteiger partial charge on any atom is -0.310 e. The predicted molar refractivity (Wildman–Crippen MR) is 423 cm³/mol. The van der Waals surface area contributed by atoms with Crippen LogP contribution in [-0.4, -0.2) is 4.57 Å². The number of hydrogen-bond donors (Lipinski definition) is 0. The molecule has 2 aliphatic carbocycles. The molecule has 0 spiro atoms. The summed E-state index contributed by atoms with van der Waals surface area (Å²) >= 11 is 0. The van der Waals surface area contributed by atoms with E-state index in [1.54, 1.807) is 0 Å². The summed E-state index contributed by atoms with van der Waals surface area (Å²) in [6.07, 6.45) is 0. The van der Waals surface area contributed by atoms with Gasteiger partial charge in [-0.25, -0.2) is 0 Å². The number of rotatable bonds is 13. The molecule has 0 saturated heterocycles. The number of benzene rings is 16. The van der Waals surface area contributed by atoms with Crippen LogP contribution in [-0.2, 0) is 10.8 Å². The SMILES string of the molecule is Cc1ccc2c(c1)C(c1ccccc1)(c1ccccc1)c1cc(N(c3ccc(-c4ccc5c(c4)c4cc(-c6ccccc6)ccc4n5-c4cccc(N(c5ccccc5)c5ccc6ccccc6c5)c4)cc3)c3ccc4c(c3)C(c3ccccc3)(c3ccccc3)c3cc(C)ccc3-4)ccc1-2. The van der Waals surface area contributed by atoms with Gasteiger partial charge < -0.3 is 14.4 Å². The quantitative estimate of drug-likeness (QED) is 0.114. The van der Waals surface area contributed by atoms with E-state index in [0.29, 0.717) is 0 Å². The number of fused-ring (bicyclic) bond motifs is 10. The molecule has 1 heterocycles. The maximum absolute atomic E-state index is 2.52. The summed E-state index contributed by atoms with van der Waals surface area (Å²) in [5.41, 5.74) is 30.8. The van der Waals surface area contributed by atoms with Crippen LogP contribution in [0.4, 0.5) is 34.1 Å². The summed E-state index contributed by atoms with van der Waals surface area (Å²) in [6.45, 7) is 4.45. The van der Waals surface area contributed by atoms with E-state index in [1.165, 1.54) is 111 Å². The van der Waals surface area contributed by atoms with Gasteiger partial charge in [-0.15, -0.1) is 0 Å². The minimum atomic E-state index is -0.606. The molecule has 2 aliphatic rings. The van der Waals surface area contributed by atoms with Crippen molar-refractivity contribution in [1.29, 1.82) is 0 Å². The zero-order valence-electron chi connectivity index (χ0n) is 56.2. The van der Waals surface area contributed by atoms with Crippen LogP contribution in [0.25, 0.3) is 82.8 Å². The number of aromatic nitrogens is 1. The van der Waals surface area contributed by atoms with Crippen LogP contribution in [0.3, 0.4) is 0 Å². The van der Waals surface area contributed by atoms with E-state index in [-0.39, 0.29) is 0 Å². The molecule has 0 saturated carbocycles. The third kappa shape index (κ3) is 9.56. The van der Waals surface area contributed by atoms with Gasteiger partial charge in [-0.3, -0.25) is 0 Å². The van der Waals surface area contributed by atoms with Gasteiger partial charge in [0.1, 0.15) is 0 Å². The average Bonchev–Trinajstić information content (AvgIpc) is 1.55. The number of nitrogens with zero attached hydrogens (tertiary/aromatic N) is 3. The Hall–Kier alpha value is -12.8. The largest absolute Gasteiger partial charge is 0.310 e. The second-order valence-electron chi connectivity index (χ2n) is 27.3. The smallest absolute Gasteiger partial charge is 0.0714 e. The van der Waals surface area contributed by atoms with E-state index >= 15 is 0 Å². The summed E-state index contributed by atoms with van der Waals surface area (Å²) < 4.78 is 2.46. The zero-order chi connectivity index (χ0) is 67.2. The molecular weight excluding hydrogens is 1220 g/mol. The molecule has 0 aliphatic heterocycles. The fourth-order valence-corrected chi connectivity index (χ4v) is 17.1. The maximum Gasteiger partial charge on any atom is 0.0714 e. The molecule has 1 aromatic heterocycles. The first-order valence-electron chi connectivity index (χ1n) is 35.1. The van der Waals surface area contributed by atoms with Crippen molar-refractivity contribution in [2.45, 2.75) is 24.7 Å². The number of hydrogen-bond acceptors (Lipinski definition) is 2. The Bertz CT molecular complexity index is 5750. The average molecular weight is 1290 g/mol. The monoisotopic (exact) mass is 1290 g/mol. The fraction of sp³-hybridized carbons (Fsp3) is 0.0408. The van der Waals surface area contributed by atoms with Gasteiger partial charge in [-0.1, -0.05) is 290 Å². The van der Waals surface area contributed by atoms with Gasteiger partial charge in [-0.05, 0) is 217 Å². The molecule has 19 rings (SSSR count). The van der Waals surface area contributed by atoms with Gasteiger partial charge in [0.2, 0.25) is 0 Å². The van der Waals surface area contributed by atoms with Crippen LogP contribution < -0.4 is 9.80 Å². The first kappa shape index (κ1) is 59.4. The summed E-state index contributed by atoms with van der Waals surface area (Å²) in [6, 6.07) is 143. The van der Waals surface area contributed by atoms with Crippen molar-refractivity contribution < 1.29 is 0 Å². The van der Waals surface area contributed by atoms with Crippen LogP contribution >= 0.6 is 0 Å². The van der Waals surface area contributed by atoms with Crippen molar-refractivity contribution >= 4 is 66.7 Å². The Kier molecular flexibility index (Phi) is 14.1. The topological polar surface area (TPSA) is 11.4 Å². The summed E-state index contributed by atoms with van der Waals surface area (Å²) in [4.78, 5) is 4.89. The van der Waals surface area contributed by atoms with Crippen LogP contribution in [0.5, 0.6) is 0 Å². The first-order valence-corrected chi connectivity index (χ1v) is 35.1. The lowest BCUT2D eigenvalue weighted by molar-refractivity contribution is 0.766. The van der Waals surface area contributed by atoms with E-state index < -0.39 is 10.8 Å². The molecule has 0 radical (unpaired) electrons. The molecule has 3 heteroatoms. The number of aryl methyl sites for hydroxylation is 2. The molecule has 16 aromatic carbocycles. The van der Waals surface area contributed by atoms with Crippen molar-refractivity contribution in [2.24, 2.45) is 0 Å². The second-order valence-corrected chi connectivity index (χ2v) is 27.3. The second kappa shape index (κ2) is 24.0. The zero-order valence-corrected chi connectivity index (χ0v) is 56.2. The number of para-hydroxylation sites is 1. The molecule has 0 unspecified atom stereocenters. The summed E-state index contributed by atoms with van der Waals surface area (Å²) in [7, 11) is 0. The molecule has 0 N–H and O–H groups in total. The third-order valence-electron chi connectivity index (χ3n) is 21.6. The third-order valence-corrected chi connectivity index (χ3v) is 21.6. The molecule has 476 valence electrons. The van der Waals surface area contributed by atoms with E-state index in [9.17, 15) is 0 Å². The van der Waals surface area contributed by atoms with Gasteiger partial charge >= 0.3 is 0 Å². The standard InChI is InChI=1S/C98H69N3/c1-66-40-52-85-87-54-50-83(64-93(87)97(91(85)58-66,74-28-11-4-12-29-74)75-30-13-5-14-31-75)100(84-51-55-88-86-53-41-67(2)59-92(86)98(94(88)65-84,76-32-15-6-16-33-76)77-34-17-7-18-35-77)79-47-42-70(43-48-79)73-46-57-96-90(62-73)89-61-72(68-24-9-3-10-25-68)45-56-95(89)101(96)81-39-23-38-80(63-81)99(78-36-19-8-20-37-78)82-49-44-69-26-21-22-27-71(69)60-82/h3-65H,1-2H3. The highest BCUT2D eigenvalue weighted by molar-refractivity contribution is 6.12. The van der Waals surface area contributed by atoms with Crippen molar-refractivity contribution in [1.82, 2.24) is 4.57 Å². The Morgan fingerprint density at radius 2 is 0.574 bits per heavy atom. The Labute approximate surface area is 590 Å². The maximum atomic E-state index is 2.52. The lowest BCUT2D eigenvalue weighted by Crippen LogP contribution is -2.29. The van der Waals surface area contributed by atoms with Gasteiger partial charge in [0.05, 0.1) is 21.9 Å². The van der Waals surface area contributed by atoms with E-state index in [2.05, 4.69) is 410 Å². The molecule has 0 bridgehead atoms. The lowest BCUT2D eigenvalue weighted by atomic mass is 9.67. The molecule has 0 amide bonds. The Morgan fingerprint density at radius 3 is 1.06 bits per heavy atom. The van der Waals surface area contributed by atoms with Crippen LogP contribution in [0.2, 0.25) is 0 Å². The van der Waals surface area contributed by atoms with Gasteiger partial charge in [0.25, 0.3) is 0 Å². The van der Waals surface area contributed by atoms with Crippen LogP contribution in [0, 0.1) is 13.8 Å². The van der Waals surface area contributed by atoms with Gasteiger partial charge in [0, 0.05) is 50.6 Å². The Balaban J connectivity index is 0.794. The highest BCUT2D eigenvalue weighted by Crippen LogP contribution is 2.60. The van der Waals surface area contributed by atoms with E-state index in [1.807, 2.05) is 0 Å². The fourth-order valence-electron chi connectivity index (χ4n) is 17.1. The summed E-state index contributed by atoms with van der Waals surface area (Å²) in [5, 5.41) is 4.79. The van der Waals surface area contributed by atoms with Gasteiger partial charge in [-0.2, -0.15) is 0 Å². The van der Waals surface area contributed by atoms with Crippen molar-refractivity contribution in [2.75, 3.05) is 9.80 Å². The molecular formula is C98H69N3. The molecule has 0 fully saturated rings. The molecule has 101 heavy (non-hydrogen) atoms. The molecule has 17 aromatic rings. The number of anilines is 6. The molecule has 3 nitrogen and oxygen atoms in total. The first-order chi connectivity index (χ1) is 49.9.